The van der Waals surface area contributed by atoms with Crippen LogP contribution < -0.4 is 0 Å². The molecule has 0 saturated heterocycles. The summed E-state index contributed by atoms with van der Waals surface area (Å²) in [7, 11) is 0. The van der Waals surface area contributed by atoms with Crippen LogP contribution >= 0.6 is 0 Å². The first-order valence-corrected chi connectivity index (χ1v) is 8.37. The molecule has 0 aromatic heterocycles. The van der Waals surface area contributed by atoms with Crippen LogP contribution in [0.3, 0.4) is 0 Å². The number of carbonyl (C=O) groups excluding carboxylic acids is 1. The van der Waals surface area contributed by atoms with Crippen molar-refractivity contribution in [3.05, 3.63) is 80.5 Å². The number of nitrogens with zero attached hydrogens (tertiary/aromatic N) is 1. The van der Waals surface area contributed by atoms with Crippen LogP contribution in [0, 0.1) is 10.1 Å². The second kappa shape index (κ2) is 10.1. The van der Waals surface area contributed by atoms with Crippen molar-refractivity contribution < 1.29 is 14.5 Å². The minimum Gasteiger partial charge on any atom is -0.463 e. The van der Waals surface area contributed by atoms with Crippen molar-refractivity contribution in [2.24, 2.45) is 0 Å². The Bertz CT molecular complexity index is 781. The summed E-state index contributed by atoms with van der Waals surface area (Å²) < 4.78 is 4.96. The fraction of sp³-hybridized carbons (Fsp3) is 0.286. The third-order valence-corrected chi connectivity index (χ3v) is 3.45. The molecule has 0 atom stereocenters. The molecule has 138 valence electrons. The molecule has 0 heterocycles. The van der Waals surface area contributed by atoms with E-state index in [1.807, 2.05) is 39.0 Å². The molecule has 0 radical (unpaired) electrons. The maximum Gasteiger partial charge on any atom is 0.333 e. The molecule has 0 aliphatic rings. The Morgan fingerprint density at radius 1 is 1.00 bits per heavy atom. The SMILES string of the molecule is CCOC(=O)\C(C)=C/C(C)=C/C(C)=C/C(C)=C/c1ccc([N+](=O)[O-])cc1. The molecule has 0 spiro atoms. The van der Waals surface area contributed by atoms with E-state index in [0.29, 0.717) is 12.2 Å². The molecule has 0 saturated carbocycles. The van der Waals surface area contributed by atoms with Crippen LogP contribution in [-0.2, 0) is 9.53 Å². The average molecular weight is 355 g/mol. The van der Waals surface area contributed by atoms with E-state index >= 15 is 0 Å². The number of allylic oxidation sites excluding steroid dienone is 6. The number of benzene rings is 1. The van der Waals surface area contributed by atoms with Crippen LogP contribution in [0.5, 0.6) is 0 Å². The summed E-state index contributed by atoms with van der Waals surface area (Å²) >= 11 is 0. The molecule has 5 nitrogen and oxygen atoms in total. The largest absolute Gasteiger partial charge is 0.463 e. The van der Waals surface area contributed by atoms with Crippen molar-refractivity contribution in [2.45, 2.75) is 34.6 Å². The van der Waals surface area contributed by atoms with Gasteiger partial charge in [0.05, 0.1) is 11.5 Å². The molecule has 1 aromatic carbocycles. The van der Waals surface area contributed by atoms with Crippen molar-refractivity contribution in [1.82, 2.24) is 0 Å². The van der Waals surface area contributed by atoms with Crippen molar-refractivity contribution in [1.29, 1.82) is 0 Å². The van der Waals surface area contributed by atoms with Gasteiger partial charge in [-0.2, -0.15) is 0 Å². The highest BCUT2D eigenvalue weighted by molar-refractivity contribution is 5.88. The maximum atomic E-state index is 11.6. The number of nitro benzene ring substituents is 1. The minimum atomic E-state index is -0.413. The van der Waals surface area contributed by atoms with Gasteiger partial charge in [0.15, 0.2) is 0 Å². The molecule has 26 heavy (non-hydrogen) atoms. The smallest absolute Gasteiger partial charge is 0.333 e. The Hall–Kier alpha value is -2.95. The van der Waals surface area contributed by atoms with Crippen LogP contribution in [0.1, 0.15) is 40.2 Å². The number of esters is 1. The molecule has 5 heteroatoms. The van der Waals surface area contributed by atoms with Gasteiger partial charge in [0.1, 0.15) is 0 Å². The topological polar surface area (TPSA) is 69.4 Å². The molecular weight excluding hydrogens is 330 g/mol. The zero-order valence-electron chi connectivity index (χ0n) is 15.9. The summed E-state index contributed by atoms with van der Waals surface area (Å²) in [6, 6.07) is 6.42. The van der Waals surface area contributed by atoms with Gasteiger partial charge in [-0.05, 0) is 58.4 Å². The summed E-state index contributed by atoms with van der Waals surface area (Å²) in [5.41, 5.74) is 4.54. The van der Waals surface area contributed by atoms with Crippen molar-refractivity contribution in [3.63, 3.8) is 0 Å². The van der Waals surface area contributed by atoms with E-state index in [-0.39, 0.29) is 11.7 Å². The van der Waals surface area contributed by atoms with Gasteiger partial charge in [-0.25, -0.2) is 4.79 Å². The molecule has 0 aliphatic heterocycles. The number of rotatable bonds is 7. The van der Waals surface area contributed by atoms with Crippen LogP contribution in [0.25, 0.3) is 6.08 Å². The highest BCUT2D eigenvalue weighted by Gasteiger charge is 2.04. The molecule has 0 unspecified atom stereocenters. The summed E-state index contributed by atoms with van der Waals surface area (Å²) in [4.78, 5) is 21.9. The first-order chi connectivity index (χ1) is 12.2. The van der Waals surface area contributed by atoms with E-state index in [9.17, 15) is 14.9 Å². The van der Waals surface area contributed by atoms with Gasteiger partial charge in [-0.1, -0.05) is 34.9 Å². The van der Waals surface area contributed by atoms with E-state index in [2.05, 4.69) is 0 Å². The summed E-state index contributed by atoms with van der Waals surface area (Å²) in [6.45, 7) is 9.74. The maximum absolute atomic E-state index is 11.6. The zero-order valence-corrected chi connectivity index (χ0v) is 15.9. The van der Waals surface area contributed by atoms with Gasteiger partial charge in [0.25, 0.3) is 5.69 Å². The van der Waals surface area contributed by atoms with Crippen molar-refractivity contribution in [3.8, 4) is 0 Å². The molecule has 0 fully saturated rings. The van der Waals surface area contributed by atoms with E-state index in [0.717, 1.165) is 22.3 Å². The number of carbonyl (C=O) groups is 1. The normalized spacial score (nSPS) is 13.6. The molecule has 0 N–H and O–H groups in total. The van der Waals surface area contributed by atoms with Gasteiger partial charge in [0.2, 0.25) is 0 Å². The van der Waals surface area contributed by atoms with Crippen molar-refractivity contribution >= 4 is 17.7 Å². The molecular formula is C21H25NO4. The van der Waals surface area contributed by atoms with Crippen LogP contribution in [0.15, 0.2) is 64.8 Å². The predicted octanol–water partition coefficient (Wildman–Crippen LogP) is 5.40. The Balaban J connectivity index is 2.88. The van der Waals surface area contributed by atoms with Gasteiger partial charge in [0, 0.05) is 17.7 Å². The fourth-order valence-corrected chi connectivity index (χ4v) is 2.44. The van der Waals surface area contributed by atoms with E-state index in [4.69, 9.17) is 4.74 Å². The summed E-state index contributed by atoms with van der Waals surface area (Å²) in [6.07, 6.45) is 7.75. The van der Waals surface area contributed by atoms with Crippen LogP contribution in [-0.4, -0.2) is 17.5 Å². The van der Waals surface area contributed by atoms with E-state index in [1.165, 1.54) is 12.1 Å². The Morgan fingerprint density at radius 3 is 2.08 bits per heavy atom. The summed E-state index contributed by atoms with van der Waals surface area (Å²) in [5.74, 6) is -0.309. The Kier molecular flexibility index (Phi) is 8.22. The lowest BCUT2D eigenvalue weighted by Gasteiger charge is -2.02. The number of hydrogen-bond acceptors (Lipinski definition) is 4. The molecule has 0 bridgehead atoms. The first kappa shape index (κ1) is 21.1. The molecule has 1 rings (SSSR count). The number of ether oxygens (including phenoxy) is 1. The number of hydrogen-bond donors (Lipinski definition) is 0. The molecule has 0 aliphatic carbocycles. The number of non-ortho nitro benzene ring substituents is 1. The number of nitro groups is 1. The molecule has 1 aromatic rings. The average Bonchev–Trinajstić information content (AvgIpc) is 2.54. The van der Waals surface area contributed by atoms with E-state index < -0.39 is 4.92 Å². The second-order valence-corrected chi connectivity index (χ2v) is 6.06. The standard InChI is InChI=1S/C21H25NO4/c1-6-26-21(23)18(5)13-16(3)11-15(2)12-17(4)14-19-7-9-20(10-8-19)22(24)25/h7-14H,6H2,1-5H3/b15-12+,16-11+,17-14+,18-13-. The monoisotopic (exact) mass is 355 g/mol. The molecule has 0 amide bonds. The Labute approximate surface area is 154 Å². The lowest BCUT2D eigenvalue weighted by Crippen LogP contribution is -2.05. The minimum absolute atomic E-state index is 0.0776. The zero-order chi connectivity index (χ0) is 19.7. The van der Waals surface area contributed by atoms with E-state index in [1.54, 1.807) is 32.1 Å². The predicted molar refractivity (Wildman–Crippen MR) is 105 cm³/mol. The highest BCUT2D eigenvalue weighted by Crippen LogP contribution is 2.16. The lowest BCUT2D eigenvalue weighted by molar-refractivity contribution is -0.384. The van der Waals surface area contributed by atoms with Crippen LogP contribution in [0.2, 0.25) is 0 Å². The van der Waals surface area contributed by atoms with Gasteiger partial charge >= 0.3 is 5.97 Å². The van der Waals surface area contributed by atoms with Crippen LogP contribution in [0.4, 0.5) is 5.69 Å². The fourth-order valence-electron chi connectivity index (χ4n) is 2.44. The third kappa shape index (κ3) is 7.30. The highest BCUT2D eigenvalue weighted by atomic mass is 16.6. The van der Waals surface area contributed by atoms with Crippen molar-refractivity contribution in [2.75, 3.05) is 6.61 Å². The summed E-state index contributed by atoms with van der Waals surface area (Å²) in [5, 5.41) is 10.7. The third-order valence-electron chi connectivity index (χ3n) is 3.45. The first-order valence-electron chi connectivity index (χ1n) is 8.37. The van der Waals surface area contributed by atoms with Gasteiger partial charge in [-0.15, -0.1) is 0 Å². The Morgan fingerprint density at radius 2 is 1.54 bits per heavy atom. The lowest BCUT2D eigenvalue weighted by atomic mass is 10.1. The van der Waals surface area contributed by atoms with Gasteiger partial charge < -0.3 is 4.74 Å². The quantitative estimate of drug-likeness (QED) is 0.216. The second-order valence-electron chi connectivity index (χ2n) is 6.06. The van der Waals surface area contributed by atoms with Gasteiger partial charge in [-0.3, -0.25) is 10.1 Å².